The summed E-state index contributed by atoms with van der Waals surface area (Å²) in [4.78, 5) is 11.5. The molecule has 4 nitrogen and oxygen atoms in total. The lowest BCUT2D eigenvalue weighted by atomic mass is 10.0. The number of benzene rings is 2. The predicted octanol–water partition coefficient (Wildman–Crippen LogP) is 4.24. The van der Waals surface area contributed by atoms with Crippen LogP contribution in [0.4, 0.5) is 10.5 Å². The molecule has 0 fully saturated rings. The number of nitrogens with one attached hydrogen (secondary N) is 2. The Labute approximate surface area is 138 Å². The maximum Gasteiger partial charge on any atom is 0.319 e. The van der Waals surface area contributed by atoms with Gasteiger partial charge in [-0.3, -0.25) is 0 Å². The summed E-state index contributed by atoms with van der Waals surface area (Å²) in [5.74, 6) is 0.367. The molecule has 2 amide bonds. The van der Waals surface area contributed by atoms with Gasteiger partial charge in [-0.25, -0.2) is 4.79 Å². The fourth-order valence-electron chi connectivity index (χ4n) is 1.87. The molecule has 0 saturated carbocycles. The molecule has 0 atom stereocenters. The van der Waals surface area contributed by atoms with Gasteiger partial charge in [-0.2, -0.15) is 5.26 Å². The Bertz CT molecular complexity index is 708. The number of urea groups is 1. The molecule has 0 unspecified atom stereocenters. The number of nitrogens with zero attached hydrogens (tertiary/aromatic N) is 1. The highest BCUT2D eigenvalue weighted by atomic mass is 35.5. The zero-order chi connectivity index (χ0) is 15.9. The van der Waals surface area contributed by atoms with Crippen LogP contribution in [0.1, 0.15) is 5.56 Å². The Kier molecular flexibility index (Phi) is 5.65. The highest BCUT2D eigenvalue weighted by Crippen LogP contribution is 2.26. The van der Waals surface area contributed by atoms with Crippen LogP contribution < -0.4 is 10.6 Å². The van der Waals surface area contributed by atoms with E-state index in [1.165, 1.54) is 0 Å². The Balaban J connectivity index is 2.10. The highest BCUT2D eigenvalue weighted by Gasteiger charge is 2.04. The third kappa shape index (κ3) is 4.14. The van der Waals surface area contributed by atoms with Crippen LogP contribution in [-0.4, -0.2) is 18.5 Å². The summed E-state index contributed by atoms with van der Waals surface area (Å²) in [6.07, 6.45) is 0. The van der Waals surface area contributed by atoms with Gasteiger partial charge in [0.05, 0.1) is 10.6 Å². The van der Waals surface area contributed by atoms with Crippen molar-refractivity contribution < 1.29 is 4.79 Å². The number of alkyl halides is 1. The predicted molar refractivity (Wildman–Crippen MR) is 89.3 cm³/mol. The van der Waals surface area contributed by atoms with Gasteiger partial charge in [0.2, 0.25) is 0 Å². The van der Waals surface area contributed by atoms with Crippen molar-refractivity contribution in [3.8, 4) is 17.2 Å². The van der Waals surface area contributed by atoms with Crippen molar-refractivity contribution in [3.63, 3.8) is 0 Å². The maximum atomic E-state index is 11.5. The number of rotatable bonds is 4. The Hall–Kier alpha value is -2.22. The van der Waals surface area contributed by atoms with Gasteiger partial charge in [-0.05, 0) is 35.4 Å². The summed E-state index contributed by atoms with van der Waals surface area (Å²) in [7, 11) is 0. The van der Waals surface area contributed by atoms with E-state index in [4.69, 9.17) is 28.5 Å². The molecule has 0 aliphatic rings. The van der Waals surface area contributed by atoms with Crippen molar-refractivity contribution in [1.29, 1.82) is 5.26 Å². The summed E-state index contributed by atoms with van der Waals surface area (Å²) >= 11 is 11.5. The minimum Gasteiger partial charge on any atom is -0.337 e. The number of anilines is 1. The fourth-order valence-corrected chi connectivity index (χ4v) is 2.18. The lowest BCUT2D eigenvalue weighted by Gasteiger charge is -2.08. The van der Waals surface area contributed by atoms with Crippen LogP contribution in [-0.2, 0) is 0 Å². The van der Waals surface area contributed by atoms with Gasteiger partial charge in [0.25, 0.3) is 0 Å². The van der Waals surface area contributed by atoms with Gasteiger partial charge < -0.3 is 10.6 Å². The van der Waals surface area contributed by atoms with E-state index in [2.05, 4.69) is 10.6 Å². The first-order valence-electron chi connectivity index (χ1n) is 6.55. The van der Waals surface area contributed by atoms with Crippen molar-refractivity contribution in [2.45, 2.75) is 0 Å². The van der Waals surface area contributed by atoms with E-state index in [9.17, 15) is 4.79 Å². The first kappa shape index (κ1) is 16.2. The Morgan fingerprint density at radius 3 is 2.41 bits per heavy atom. The lowest BCUT2D eigenvalue weighted by Crippen LogP contribution is -2.30. The SMILES string of the molecule is N#Cc1ccc(-c2ccc(NC(=O)NCCCl)cc2)cc1Cl. The number of nitriles is 1. The molecule has 0 aliphatic heterocycles. The van der Waals surface area contributed by atoms with Gasteiger partial charge >= 0.3 is 6.03 Å². The second-order valence-corrected chi connectivity index (χ2v) is 5.24. The molecule has 2 N–H and O–H groups in total. The minimum absolute atomic E-state index is 0.296. The number of carbonyl (C=O) groups excluding carboxylic acids is 1. The number of amides is 2. The third-order valence-electron chi connectivity index (χ3n) is 2.95. The van der Waals surface area contributed by atoms with Crippen molar-refractivity contribution in [2.24, 2.45) is 0 Å². The summed E-state index contributed by atoms with van der Waals surface area (Å²) in [6, 6.07) is 14.3. The lowest BCUT2D eigenvalue weighted by molar-refractivity contribution is 0.252. The second kappa shape index (κ2) is 7.69. The third-order valence-corrected chi connectivity index (χ3v) is 3.45. The molecule has 2 aromatic rings. The number of hydrogen-bond donors (Lipinski definition) is 2. The van der Waals surface area contributed by atoms with E-state index in [0.717, 1.165) is 11.1 Å². The van der Waals surface area contributed by atoms with Crippen LogP contribution in [0.15, 0.2) is 42.5 Å². The first-order valence-corrected chi connectivity index (χ1v) is 7.46. The van der Waals surface area contributed by atoms with E-state index < -0.39 is 0 Å². The molecule has 0 bridgehead atoms. The summed E-state index contributed by atoms with van der Waals surface area (Å²) in [5.41, 5.74) is 2.97. The minimum atomic E-state index is -0.296. The van der Waals surface area contributed by atoms with Crippen molar-refractivity contribution in [1.82, 2.24) is 5.32 Å². The van der Waals surface area contributed by atoms with Crippen LogP contribution in [0.2, 0.25) is 5.02 Å². The van der Waals surface area contributed by atoms with Crippen molar-refractivity contribution in [3.05, 3.63) is 53.1 Å². The van der Waals surface area contributed by atoms with Crippen molar-refractivity contribution in [2.75, 3.05) is 17.7 Å². The molecular formula is C16H13Cl2N3O. The van der Waals surface area contributed by atoms with E-state index >= 15 is 0 Å². The van der Waals surface area contributed by atoms with Crippen LogP contribution in [0.25, 0.3) is 11.1 Å². The average molecular weight is 334 g/mol. The quantitative estimate of drug-likeness (QED) is 0.822. The Morgan fingerprint density at radius 2 is 1.82 bits per heavy atom. The largest absolute Gasteiger partial charge is 0.337 e. The maximum absolute atomic E-state index is 11.5. The van der Waals surface area contributed by atoms with E-state index in [-0.39, 0.29) is 6.03 Å². The molecule has 0 radical (unpaired) electrons. The van der Waals surface area contributed by atoms with Crippen molar-refractivity contribution >= 4 is 34.9 Å². The Morgan fingerprint density at radius 1 is 1.14 bits per heavy atom. The summed E-state index contributed by atoms with van der Waals surface area (Å²) in [6.45, 7) is 0.412. The topological polar surface area (TPSA) is 64.9 Å². The van der Waals surface area contributed by atoms with Gasteiger partial charge in [-0.1, -0.05) is 29.8 Å². The van der Waals surface area contributed by atoms with Gasteiger partial charge in [0.1, 0.15) is 6.07 Å². The molecule has 0 spiro atoms. The molecule has 2 aromatic carbocycles. The highest BCUT2D eigenvalue weighted by molar-refractivity contribution is 6.32. The fraction of sp³-hybridized carbons (Fsp3) is 0.125. The van der Waals surface area contributed by atoms with E-state index in [1.54, 1.807) is 24.3 Å². The molecule has 6 heteroatoms. The van der Waals surface area contributed by atoms with Gasteiger partial charge in [-0.15, -0.1) is 11.6 Å². The molecule has 2 rings (SSSR count). The molecule has 0 aromatic heterocycles. The van der Waals surface area contributed by atoms with E-state index in [0.29, 0.717) is 28.7 Å². The number of halogens is 2. The average Bonchev–Trinajstić information content (AvgIpc) is 2.53. The second-order valence-electron chi connectivity index (χ2n) is 4.45. The molecule has 0 heterocycles. The van der Waals surface area contributed by atoms with E-state index in [1.807, 2.05) is 24.3 Å². The molecule has 22 heavy (non-hydrogen) atoms. The number of hydrogen-bond acceptors (Lipinski definition) is 2. The monoisotopic (exact) mass is 333 g/mol. The summed E-state index contributed by atoms with van der Waals surface area (Å²) < 4.78 is 0. The van der Waals surface area contributed by atoms with Gasteiger partial charge in [0, 0.05) is 18.1 Å². The summed E-state index contributed by atoms with van der Waals surface area (Å²) in [5, 5.41) is 14.6. The molecular weight excluding hydrogens is 321 g/mol. The first-order chi connectivity index (χ1) is 10.6. The van der Waals surface area contributed by atoms with Crippen LogP contribution in [0.5, 0.6) is 0 Å². The zero-order valence-electron chi connectivity index (χ0n) is 11.6. The standard InChI is InChI=1S/C16H13Cl2N3O/c17-7-8-20-16(22)21-14-5-3-11(4-6-14)12-1-2-13(10-19)15(18)9-12/h1-6,9H,7-8H2,(H2,20,21,22). The normalized spacial score (nSPS) is 9.86. The molecule has 0 saturated heterocycles. The van der Waals surface area contributed by atoms with Crippen LogP contribution in [0.3, 0.4) is 0 Å². The number of carbonyl (C=O) groups is 1. The zero-order valence-corrected chi connectivity index (χ0v) is 13.1. The smallest absolute Gasteiger partial charge is 0.319 e. The van der Waals surface area contributed by atoms with Gasteiger partial charge in [0.15, 0.2) is 0 Å². The molecule has 0 aliphatic carbocycles. The molecule has 112 valence electrons. The van der Waals surface area contributed by atoms with Crippen LogP contribution in [0, 0.1) is 11.3 Å². The van der Waals surface area contributed by atoms with Crippen LogP contribution >= 0.6 is 23.2 Å².